The third kappa shape index (κ3) is 6.84. The van der Waals surface area contributed by atoms with Gasteiger partial charge >= 0.3 is 0 Å². The molecule has 5 rings (SSSR count). The lowest BCUT2D eigenvalue weighted by atomic mass is 9.84. The average Bonchev–Trinajstić information content (AvgIpc) is 3.67. The highest BCUT2D eigenvalue weighted by Crippen LogP contribution is 2.54. The van der Waals surface area contributed by atoms with Crippen LogP contribution < -0.4 is 4.90 Å². The van der Waals surface area contributed by atoms with Crippen molar-refractivity contribution < 1.29 is 19.7 Å². The Morgan fingerprint density at radius 3 is 2.46 bits per heavy atom. The van der Waals surface area contributed by atoms with Crippen LogP contribution in [0.5, 0.6) is 0 Å². The molecule has 5 nitrogen and oxygen atoms in total. The lowest BCUT2D eigenvalue weighted by Crippen LogP contribution is -2.35. The molecule has 1 unspecified atom stereocenters. The number of amides is 1. The fourth-order valence-electron chi connectivity index (χ4n) is 7.19. The highest BCUT2D eigenvalue weighted by atomic mass is 79.9. The smallest absolute Gasteiger partial charge is 0.253 e. The number of halogens is 1. The number of carbonyl (C=O) groups excluding carboxylic acids is 1. The first-order valence-corrected chi connectivity index (χ1v) is 15.5. The van der Waals surface area contributed by atoms with Crippen molar-refractivity contribution in [3.63, 3.8) is 0 Å². The summed E-state index contributed by atoms with van der Waals surface area (Å²) in [5, 5.41) is 22.5. The minimum atomic E-state index is -0.700. The van der Waals surface area contributed by atoms with Crippen LogP contribution >= 0.6 is 15.9 Å². The van der Waals surface area contributed by atoms with Crippen molar-refractivity contribution >= 4 is 27.5 Å². The number of aliphatic hydroxyl groups excluding tert-OH is 1. The maximum atomic E-state index is 13.2. The van der Waals surface area contributed by atoms with Crippen molar-refractivity contribution in [3.8, 4) is 0 Å². The Morgan fingerprint density at radius 1 is 1.05 bits per heavy atom. The van der Waals surface area contributed by atoms with E-state index < -0.39 is 11.7 Å². The summed E-state index contributed by atoms with van der Waals surface area (Å²) in [6.45, 7) is 1.06. The Balaban J connectivity index is 1.12. The van der Waals surface area contributed by atoms with Crippen LogP contribution in [-0.2, 0) is 16.1 Å². The van der Waals surface area contributed by atoms with Crippen LogP contribution in [0.1, 0.15) is 63.4 Å². The minimum absolute atomic E-state index is 0.0412. The van der Waals surface area contributed by atoms with E-state index in [0.717, 1.165) is 60.7 Å². The van der Waals surface area contributed by atoms with E-state index in [2.05, 4.69) is 22.0 Å². The van der Waals surface area contributed by atoms with E-state index in [-0.39, 0.29) is 18.4 Å². The molecule has 0 bridgehead atoms. The fourth-order valence-corrected chi connectivity index (χ4v) is 7.89. The summed E-state index contributed by atoms with van der Waals surface area (Å²) in [6.07, 6.45) is 10.9. The number of carbonyl (C=O) groups is 1. The van der Waals surface area contributed by atoms with Gasteiger partial charge in [-0.25, -0.2) is 0 Å². The molecule has 3 fully saturated rings. The molecule has 3 aliphatic rings. The molecule has 6 heteroatoms. The molecule has 0 aromatic heterocycles. The molecule has 0 spiro atoms. The minimum Gasteiger partial charge on any atom is -0.389 e. The van der Waals surface area contributed by atoms with Gasteiger partial charge in [-0.1, -0.05) is 83.4 Å². The molecule has 2 N–H and O–H groups in total. The summed E-state index contributed by atoms with van der Waals surface area (Å²) in [5.41, 5.74) is 1.24. The molecule has 0 aliphatic heterocycles. The number of nitrogens with zero attached hydrogens (tertiary/aromatic N) is 1. The second-order valence-electron chi connectivity index (χ2n) is 11.9. The van der Waals surface area contributed by atoms with E-state index in [1.165, 1.54) is 12.8 Å². The van der Waals surface area contributed by atoms with Crippen LogP contribution in [0.15, 0.2) is 71.2 Å². The number of hydrogen-bond donors (Lipinski definition) is 2. The molecule has 2 aromatic rings. The monoisotopic (exact) mass is 595 g/mol. The second kappa shape index (κ2) is 13.1. The Hall–Kier alpha value is -1.99. The molecule has 0 heterocycles. The molecular weight excluding hydrogens is 554 g/mol. The van der Waals surface area contributed by atoms with Gasteiger partial charge in [-0.3, -0.25) is 4.79 Å². The zero-order chi connectivity index (χ0) is 27.2. The van der Waals surface area contributed by atoms with Gasteiger partial charge < -0.3 is 19.8 Å². The van der Waals surface area contributed by atoms with Gasteiger partial charge in [-0.15, -0.1) is 0 Å². The predicted molar refractivity (Wildman–Crippen MR) is 158 cm³/mol. The molecule has 3 saturated carbocycles. The lowest BCUT2D eigenvalue weighted by molar-refractivity contribution is -0.123. The summed E-state index contributed by atoms with van der Waals surface area (Å²) in [4.78, 5) is 15.0. The zero-order valence-corrected chi connectivity index (χ0v) is 24.3. The zero-order valence-electron chi connectivity index (χ0n) is 22.8. The summed E-state index contributed by atoms with van der Waals surface area (Å²) in [5.74, 6) is 1.05. The van der Waals surface area contributed by atoms with Gasteiger partial charge in [0.1, 0.15) is 6.61 Å². The first-order chi connectivity index (χ1) is 18.9. The van der Waals surface area contributed by atoms with E-state index in [0.29, 0.717) is 30.9 Å². The van der Waals surface area contributed by atoms with Gasteiger partial charge in [0.05, 0.1) is 18.2 Å². The summed E-state index contributed by atoms with van der Waals surface area (Å²) in [6, 6.07) is 19.8. The van der Waals surface area contributed by atoms with Crippen LogP contribution in [0, 0.1) is 23.7 Å². The maximum absolute atomic E-state index is 13.2. The number of para-hydroxylation sites is 1. The Kier molecular flexibility index (Phi) is 9.60. The SMILES string of the molecule is O=C(COCCC1C[C@H]2CC[C@H](C=C(Br)[C@H](O)C3CCCC3)[C@]2(O)C1)N(Cc1ccccc1)c1ccccc1. The Labute approximate surface area is 241 Å². The third-order valence-electron chi connectivity index (χ3n) is 9.35. The highest BCUT2D eigenvalue weighted by molar-refractivity contribution is 9.11. The molecule has 210 valence electrons. The fraction of sp³-hybridized carbons (Fsp3) is 0.545. The second-order valence-corrected chi connectivity index (χ2v) is 12.8. The molecule has 2 aromatic carbocycles. The van der Waals surface area contributed by atoms with Gasteiger partial charge in [-0.05, 0) is 80.4 Å². The van der Waals surface area contributed by atoms with E-state index in [1.807, 2.05) is 60.7 Å². The topological polar surface area (TPSA) is 70.0 Å². The molecule has 1 amide bonds. The predicted octanol–water partition coefficient (Wildman–Crippen LogP) is 6.62. The van der Waals surface area contributed by atoms with Gasteiger partial charge in [0.2, 0.25) is 0 Å². The first kappa shape index (κ1) is 28.5. The number of ether oxygens (including phenoxy) is 1. The van der Waals surface area contributed by atoms with E-state index in [1.54, 1.807) is 4.90 Å². The van der Waals surface area contributed by atoms with E-state index in [4.69, 9.17) is 4.74 Å². The third-order valence-corrected chi connectivity index (χ3v) is 10.1. The number of fused-ring (bicyclic) bond motifs is 1. The normalized spacial score (nSPS) is 28.0. The first-order valence-electron chi connectivity index (χ1n) is 14.7. The van der Waals surface area contributed by atoms with Crippen molar-refractivity contribution in [2.24, 2.45) is 23.7 Å². The standard InChI is InChI=1S/C33H42BrNO4/c34-30(32(37)26-11-7-8-12-26)20-28-16-15-27-19-25(21-33(27,28)38)17-18-39-23-31(36)35(29-13-5-2-6-14-29)22-24-9-3-1-4-10-24/h1-6,9-10,13-14,20,25-28,32,37-38H,7-8,11-12,15-19,21-23H2/t25?,27-,28-,32-,33+/m1/s1. The number of aliphatic hydroxyl groups is 2. The van der Waals surface area contributed by atoms with Crippen molar-refractivity contribution in [3.05, 3.63) is 76.8 Å². The van der Waals surface area contributed by atoms with E-state index >= 15 is 0 Å². The van der Waals surface area contributed by atoms with Gasteiger partial charge in [0.25, 0.3) is 5.91 Å². The highest BCUT2D eigenvalue weighted by Gasteiger charge is 2.53. The Bertz CT molecular complexity index is 1100. The summed E-state index contributed by atoms with van der Waals surface area (Å²) in [7, 11) is 0. The molecular formula is C33H42BrNO4. The lowest BCUT2D eigenvalue weighted by Gasteiger charge is -2.29. The quantitative estimate of drug-likeness (QED) is 0.286. The number of hydrogen-bond acceptors (Lipinski definition) is 4. The van der Waals surface area contributed by atoms with Crippen molar-refractivity contribution in [1.82, 2.24) is 0 Å². The Morgan fingerprint density at radius 2 is 1.74 bits per heavy atom. The van der Waals surface area contributed by atoms with Crippen molar-refractivity contribution in [2.75, 3.05) is 18.1 Å². The van der Waals surface area contributed by atoms with Crippen LogP contribution in [0.25, 0.3) is 0 Å². The molecule has 5 atom stereocenters. The average molecular weight is 597 g/mol. The summed E-state index contributed by atoms with van der Waals surface area (Å²) >= 11 is 3.66. The van der Waals surface area contributed by atoms with Gasteiger partial charge in [-0.2, -0.15) is 0 Å². The molecule has 0 saturated heterocycles. The molecule has 3 aliphatic carbocycles. The van der Waals surface area contributed by atoms with Crippen LogP contribution in [0.4, 0.5) is 5.69 Å². The molecule has 39 heavy (non-hydrogen) atoms. The van der Waals surface area contributed by atoms with Crippen LogP contribution in [0.3, 0.4) is 0 Å². The van der Waals surface area contributed by atoms with E-state index in [9.17, 15) is 15.0 Å². The number of benzene rings is 2. The van der Waals surface area contributed by atoms with Crippen molar-refractivity contribution in [1.29, 1.82) is 0 Å². The summed E-state index contributed by atoms with van der Waals surface area (Å²) < 4.78 is 6.77. The number of anilines is 1. The van der Waals surface area contributed by atoms with Crippen molar-refractivity contribution in [2.45, 2.75) is 76.0 Å². The maximum Gasteiger partial charge on any atom is 0.253 e. The van der Waals surface area contributed by atoms with Crippen LogP contribution in [-0.4, -0.2) is 41.0 Å². The van der Waals surface area contributed by atoms with Gasteiger partial charge in [0.15, 0.2) is 0 Å². The molecule has 0 radical (unpaired) electrons. The van der Waals surface area contributed by atoms with Crippen LogP contribution in [0.2, 0.25) is 0 Å². The largest absolute Gasteiger partial charge is 0.389 e. The van der Waals surface area contributed by atoms with Gasteiger partial charge in [0, 0.05) is 22.7 Å². The number of rotatable bonds is 11.